The molecule has 0 radical (unpaired) electrons. The lowest BCUT2D eigenvalue weighted by Gasteiger charge is -2.14. The highest BCUT2D eigenvalue weighted by Gasteiger charge is 2.07. The largest absolute Gasteiger partial charge is 0.493 e. The maximum Gasteiger partial charge on any atom is 0.161 e. The summed E-state index contributed by atoms with van der Waals surface area (Å²) < 4.78 is 17.1. The van der Waals surface area contributed by atoms with Crippen LogP contribution in [0.15, 0.2) is 30.3 Å². The number of benzene rings is 2. The van der Waals surface area contributed by atoms with Crippen molar-refractivity contribution >= 4 is 0 Å². The Morgan fingerprint density at radius 2 is 1.58 bits per heavy atom. The summed E-state index contributed by atoms with van der Waals surface area (Å²) in [4.78, 5) is 0. The molecule has 4 heteroatoms. The molecule has 0 aliphatic rings. The quantitative estimate of drug-likeness (QED) is 0.752. The summed E-state index contributed by atoms with van der Waals surface area (Å²) in [7, 11) is 1.64. The van der Waals surface area contributed by atoms with E-state index in [1.165, 1.54) is 16.7 Å². The average molecular weight is 329 g/mol. The smallest absolute Gasteiger partial charge is 0.161 e. The Labute approximate surface area is 144 Å². The fourth-order valence-corrected chi connectivity index (χ4v) is 2.61. The van der Waals surface area contributed by atoms with Gasteiger partial charge in [0.1, 0.15) is 19.0 Å². The van der Waals surface area contributed by atoms with Crippen molar-refractivity contribution in [2.75, 3.05) is 26.9 Å². The van der Waals surface area contributed by atoms with Crippen LogP contribution >= 0.6 is 0 Å². The minimum atomic E-state index is 0.453. The van der Waals surface area contributed by atoms with Gasteiger partial charge in [-0.05, 0) is 74.2 Å². The molecule has 0 aliphatic carbocycles. The molecule has 2 rings (SSSR count). The van der Waals surface area contributed by atoms with E-state index in [9.17, 15) is 0 Å². The van der Waals surface area contributed by atoms with Crippen LogP contribution in [0.1, 0.15) is 22.3 Å². The second kappa shape index (κ2) is 8.60. The monoisotopic (exact) mass is 329 g/mol. The first-order valence-corrected chi connectivity index (χ1v) is 8.25. The molecule has 2 N–H and O–H groups in total. The van der Waals surface area contributed by atoms with Crippen LogP contribution in [0.3, 0.4) is 0 Å². The molecule has 0 aromatic heterocycles. The van der Waals surface area contributed by atoms with E-state index in [1.54, 1.807) is 7.11 Å². The highest BCUT2D eigenvalue weighted by molar-refractivity contribution is 5.43. The second-order valence-electron chi connectivity index (χ2n) is 5.93. The Morgan fingerprint density at radius 3 is 2.25 bits per heavy atom. The number of hydrogen-bond acceptors (Lipinski definition) is 4. The van der Waals surface area contributed by atoms with Gasteiger partial charge in [0.15, 0.2) is 11.5 Å². The van der Waals surface area contributed by atoms with Crippen molar-refractivity contribution in [3.8, 4) is 17.2 Å². The molecule has 0 amide bonds. The minimum Gasteiger partial charge on any atom is -0.493 e. The fraction of sp³-hybridized carbons (Fsp3) is 0.400. The Balaban J connectivity index is 1.96. The van der Waals surface area contributed by atoms with Crippen molar-refractivity contribution in [2.24, 2.45) is 5.73 Å². The zero-order valence-corrected chi connectivity index (χ0v) is 15.0. The van der Waals surface area contributed by atoms with Crippen LogP contribution < -0.4 is 19.9 Å². The predicted molar refractivity (Wildman–Crippen MR) is 97.4 cm³/mol. The summed E-state index contributed by atoms with van der Waals surface area (Å²) in [5.41, 5.74) is 10.4. The van der Waals surface area contributed by atoms with Gasteiger partial charge >= 0.3 is 0 Å². The Hall–Kier alpha value is -2.20. The van der Waals surface area contributed by atoms with E-state index in [0.717, 1.165) is 29.2 Å². The predicted octanol–water partition coefficient (Wildman–Crippen LogP) is 3.58. The summed E-state index contributed by atoms with van der Waals surface area (Å²) in [5, 5.41) is 0. The zero-order chi connectivity index (χ0) is 17.5. The lowest BCUT2D eigenvalue weighted by molar-refractivity contribution is 0.210. The molecular formula is C20H27NO3. The van der Waals surface area contributed by atoms with Gasteiger partial charge in [0.2, 0.25) is 0 Å². The third-order valence-corrected chi connectivity index (χ3v) is 4.02. The van der Waals surface area contributed by atoms with Gasteiger partial charge in [0, 0.05) is 0 Å². The molecule has 0 heterocycles. The van der Waals surface area contributed by atoms with E-state index in [1.807, 2.05) is 18.2 Å². The van der Waals surface area contributed by atoms with Gasteiger partial charge in [0.05, 0.1) is 7.11 Å². The van der Waals surface area contributed by atoms with Crippen molar-refractivity contribution < 1.29 is 14.2 Å². The number of hydrogen-bond donors (Lipinski definition) is 1. The van der Waals surface area contributed by atoms with Crippen LogP contribution in [0.5, 0.6) is 17.2 Å². The summed E-state index contributed by atoms with van der Waals surface area (Å²) in [6, 6.07) is 10.1. The Kier molecular flexibility index (Phi) is 6.50. The van der Waals surface area contributed by atoms with E-state index in [-0.39, 0.29) is 0 Å². The fourth-order valence-electron chi connectivity index (χ4n) is 2.61. The van der Waals surface area contributed by atoms with E-state index < -0.39 is 0 Å². The van der Waals surface area contributed by atoms with Crippen molar-refractivity contribution in [3.63, 3.8) is 0 Å². The van der Waals surface area contributed by atoms with Gasteiger partial charge in [-0.1, -0.05) is 12.1 Å². The van der Waals surface area contributed by atoms with Gasteiger partial charge in [-0.15, -0.1) is 0 Å². The molecule has 0 saturated carbocycles. The van der Waals surface area contributed by atoms with E-state index in [0.29, 0.717) is 19.8 Å². The maximum absolute atomic E-state index is 5.89. The summed E-state index contributed by atoms with van der Waals surface area (Å²) in [5.74, 6) is 2.36. The number of aryl methyl sites for hydroxylation is 2. The van der Waals surface area contributed by atoms with E-state index in [2.05, 4.69) is 32.9 Å². The molecule has 0 atom stereocenters. The number of rotatable bonds is 8. The first-order valence-electron chi connectivity index (χ1n) is 8.25. The van der Waals surface area contributed by atoms with Gasteiger partial charge in [-0.2, -0.15) is 0 Å². The Morgan fingerprint density at radius 1 is 0.875 bits per heavy atom. The molecule has 0 spiro atoms. The molecule has 0 aliphatic heterocycles. The van der Waals surface area contributed by atoms with Crippen molar-refractivity contribution in [3.05, 3.63) is 52.6 Å². The SMILES string of the molecule is COc1ccc(CCN)cc1OCCOc1cc(C)cc(C)c1C. The summed E-state index contributed by atoms with van der Waals surface area (Å²) >= 11 is 0. The number of ether oxygens (including phenoxy) is 3. The van der Waals surface area contributed by atoms with Crippen molar-refractivity contribution in [1.29, 1.82) is 0 Å². The molecule has 24 heavy (non-hydrogen) atoms. The van der Waals surface area contributed by atoms with Gasteiger partial charge in [0.25, 0.3) is 0 Å². The summed E-state index contributed by atoms with van der Waals surface area (Å²) in [6.45, 7) is 7.79. The average Bonchev–Trinajstić information content (AvgIpc) is 2.56. The zero-order valence-electron chi connectivity index (χ0n) is 15.0. The van der Waals surface area contributed by atoms with Crippen LogP contribution in [0.2, 0.25) is 0 Å². The Bertz CT molecular complexity index is 683. The molecule has 2 aromatic rings. The van der Waals surface area contributed by atoms with E-state index >= 15 is 0 Å². The van der Waals surface area contributed by atoms with Crippen LogP contribution in [-0.4, -0.2) is 26.9 Å². The number of methoxy groups -OCH3 is 1. The van der Waals surface area contributed by atoms with Gasteiger partial charge in [-0.25, -0.2) is 0 Å². The number of nitrogens with two attached hydrogens (primary N) is 1. The van der Waals surface area contributed by atoms with Crippen LogP contribution in [-0.2, 0) is 6.42 Å². The standard InChI is InChI=1S/C20H27NO3/c1-14-11-15(2)16(3)19(12-14)23-9-10-24-20-13-17(7-8-21)5-6-18(20)22-4/h5-6,11-13H,7-10,21H2,1-4H3. The normalized spacial score (nSPS) is 10.5. The first-order chi connectivity index (χ1) is 11.5. The van der Waals surface area contributed by atoms with Crippen molar-refractivity contribution in [2.45, 2.75) is 27.2 Å². The summed E-state index contributed by atoms with van der Waals surface area (Å²) in [6.07, 6.45) is 0.818. The highest BCUT2D eigenvalue weighted by Crippen LogP contribution is 2.28. The third-order valence-electron chi connectivity index (χ3n) is 4.02. The second-order valence-corrected chi connectivity index (χ2v) is 5.93. The first kappa shape index (κ1) is 18.1. The molecular weight excluding hydrogens is 302 g/mol. The van der Waals surface area contributed by atoms with Crippen LogP contribution in [0.4, 0.5) is 0 Å². The van der Waals surface area contributed by atoms with E-state index in [4.69, 9.17) is 19.9 Å². The lowest BCUT2D eigenvalue weighted by atomic mass is 10.1. The molecule has 2 aromatic carbocycles. The van der Waals surface area contributed by atoms with Crippen molar-refractivity contribution in [1.82, 2.24) is 0 Å². The molecule has 0 bridgehead atoms. The molecule has 0 unspecified atom stereocenters. The molecule has 130 valence electrons. The topological polar surface area (TPSA) is 53.7 Å². The molecule has 0 saturated heterocycles. The van der Waals surface area contributed by atoms with Crippen LogP contribution in [0.25, 0.3) is 0 Å². The molecule has 0 fully saturated rings. The lowest BCUT2D eigenvalue weighted by Crippen LogP contribution is -2.11. The van der Waals surface area contributed by atoms with Gasteiger partial charge < -0.3 is 19.9 Å². The van der Waals surface area contributed by atoms with Crippen LogP contribution in [0, 0.1) is 20.8 Å². The maximum atomic E-state index is 5.89. The highest BCUT2D eigenvalue weighted by atomic mass is 16.5. The minimum absolute atomic E-state index is 0.453. The third kappa shape index (κ3) is 4.65. The van der Waals surface area contributed by atoms with Gasteiger partial charge in [-0.3, -0.25) is 0 Å². The molecule has 4 nitrogen and oxygen atoms in total.